The van der Waals surface area contributed by atoms with Crippen molar-refractivity contribution in [3.8, 4) is 0 Å². The molecule has 2 nitrogen and oxygen atoms in total. The van der Waals surface area contributed by atoms with Gasteiger partial charge in [-0.15, -0.1) is 0 Å². The van der Waals surface area contributed by atoms with E-state index in [1.165, 1.54) is 25.7 Å². The molecule has 1 fully saturated rings. The average molecular weight is 253 g/mol. The largest absolute Gasteiger partial charge is 0.370 e. The van der Waals surface area contributed by atoms with Crippen molar-refractivity contribution in [2.24, 2.45) is 5.73 Å². The van der Waals surface area contributed by atoms with E-state index in [4.69, 9.17) is 17.3 Å². The quantitative estimate of drug-likeness (QED) is 0.888. The molecule has 3 heteroatoms. The Morgan fingerprint density at radius 2 is 2.00 bits per heavy atom. The van der Waals surface area contributed by atoms with Crippen LogP contribution >= 0.6 is 11.6 Å². The van der Waals surface area contributed by atoms with Gasteiger partial charge in [0.05, 0.1) is 10.7 Å². The highest BCUT2D eigenvalue weighted by Gasteiger charge is 2.21. The van der Waals surface area contributed by atoms with Gasteiger partial charge in [-0.3, -0.25) is 0 Å². The Kier molecular flexibility index (Phi) is 3.95. The standard InChI is InChI=1S/C14H21ClN2/c1-10(16)11-7-8-14(13(15)9-11)17(2)12-5-3-4-6-12/h7-10,12H,3-6,16H2,1-2H3/t10-/m1/s1. The van der Waals surface area contributed by atoms with E-state index in [-0.39, 0.29) is 6.04 Å². The predicted molar refractivity (Wildman–Crippen MR) is 74.7 cm³/mol. The molecule has 94 valence electrons. The van der Waals surface area contributed by atoms with E-state index in [1.54, 1.807) is 0 Å². The molecule has 2 N–H and O–H groups in total. The van der Waals surface area contributed by atoms with Gasteiger partial charge in [-0.25, -0.2) is 0 Å². The molecule has 17 heavy (non-hydrogen) atoms. The van der Waals surface area contributed by atoms with Crippen molar-refractivity contribution in [1.29, 1.82) is 0 Å². The third-order valence-corrected chi connectivity index (χ3v) is 4.05. The Labute approximate surface area is 109 Å². The molecule has 0 unspecified atom stereocenters. The first-order valence-electron chi connectivity index (χ1n) is 6.37. The predicted octanol–water partition coefficient (Wildman–Crippen LogP) is 3.74. The van der Waals surface area contributed by atoms with Gasteiger partial charge in [0.2, 0.25) is 0 Å². The van der Waals surface area contributed by atoms with E-state index in [0.29, 0.717) is 6.04 Å². The summed E-state index contributed by atoms with van der Waals surface area (Å²) < 4.78 is 0. The van der Waals surface area contributed by atoms with Crippen LogP contribution in [0.15, 0.2) is 18.2 Å². The summed E-state index contributed by atoms with van der Waals surface area (Å²) >= 11 is 6.35. The number of hydrogen-bond acceptors (Lipinski definition) is 2. The summed E-state index contributed by atoms with van der Waals surface area (Å²) in [5.41, 5.74) is 8.08. The molecule has 1 saturated carbocycles. The van der Waals surface area contributed by atoms with Crippen molar-refractivity contribution in [1.82, 2.24) is 0 Å². The van der Waals surface area contributed by atoms with E-state index < -0.39 is 0 Å². The van der Waals surface area contributed by atoms with Gasteiger partial charge in [-0.05, 0) is 37.5 Å². The Hall–Kier alpha value is -0.730. The van der Waals surface area contributed by atoms with Gasteiger partial charge in [0.1, 0.15) is 0 Å². The lowest BCUT2D eigenvalue weighted by molar-refractivity contribution is 0.653. The summed E-state index contributed by atoms with van der Waals surface area (Å²) in [7, 11) is 2.14. The van der Waals surface area contributed by atoms with E-state index in [0.717, 1.165) is 16.3 Å². The number of nitrogens with zero attached hydrogens (tertiary/aromatic N) is 1. The van der Waals surface area contributed by atoms with Crippen molar-refractivity contribution in [2.75, 3.05) is 11.9 Å². The minimum absolute atomic E-state index is 0.0401. The maximum atomic E-state index is 6.35. The first-order valence-corrected chi connectivity index (χ1v) is 6.75. The first kappa shape index (κ1) is 12.7. The molecule has 0 radical (unpaired) electrons. The Morgan fingerprint density at radius 3 is 2.53 bits per heavy atom. The van der Waals surface area contributed by atoms with Gasteiger partial charge in [0.15, 0.2) is 0 Å². The number of anilines is 1. The van der Waals surface area contributed by atoms with Gasteiger partial charge in [0.25, 0.3) is 0 Å². The van der Waals surface area contributed by atoms with E-state index >= 15 is 0 Å². The zero-order valence-electron chi connectivity index (χ0n) is 10.6. The van der Waals surface area contributed by atoms with Crippen LogP contribution in [0.1, 0.15) is 44.2 Å². The Bertz CT molecular complexity index is 384. The lowest BCUT2D eigenvalue weighted by Gasteiger charge is -2.27. The van der Waals surface area contributed by atoms with Gasteiger partial charge < -0.3 is 10.6 Å². The van der Waals surface area contributed by atoms with Gasteiger partial charge in [-0.1, -0.05) is 30.5 Å². The summed E-state index contributed by atoms with van der Waals surface area (Å²) in [5, 5.41) is 0.814. The second-order valence-corrected chi connectivity index (χ2v) is 5.46. The second-order valence-electron chi connectivity index (χ2n) is 5.05. The maximum Gasteiger partial charge on any atom is 0.0642 e. The Morgan fingerprint density at radius 1 is 1.35 bits per heavy atom. The number of benzene rings is 1. The lowest BCUT2D eigenvalue weighted by atomic mass is 10.1. The monoisotopic (exact) mass is 252 g/mol. The molecule has 2 rings (SSSR count). The highest BCUT2D eigenvalue weighted by atomic mass is 35.5. The third-order valence-electron chi connectivity index (χ3n) is 3.75. The number of nitrogens with two attached hydrogens (primary N) is 1. The molecule has 0 heterocycles. The minimum Gasteiger partial charge on any atom is -0.370 e. The molecule has 0 aliphatic heterocycles. The highest BCUT2D eigenvalue weighted by Crippen LogP contribution is 2.33. The first-order chi connectivity index (χ1) is 8.09. The van der Waals surface area contributed by atoms with Crippen LogP contribution in [-0.4, -0.2) is 13.1 Å². The molecule has 0 saturated heterocycles. The molecule has 1 aliphatic rings. The summed E-state index contributed by atoms with van der Waals surface area (Å²) in [5.74, 6) is 0. The summed E-state index contributed by atoms with van der Waals surface area (Å²) in [6, 6.07) is 6.86. The van der Waals surface area contributed by atoms with Gasteiger partial charge in [-0.2, -0.15) is 0 Å². The zero-order valence-corrected chi connectivity index (χ0v) is 11.4. The maximum absolute atomic E-state index is 6.35. The summed E-state index contributed by atoms with van der Waals surface area (Å²) in [6.45, 7) is 1.98. The van der Waals surface area contributed by atoms with E-state index in [1.807, 2.05) is 13.0 Å². The molecule has 1 aromatic carbocycles. The SMILES string of the molecule is C[C@@H](N)c1ccc(N(C)C2CCCC2)c(Cl)c1. The number of halogens is 1. The molecular formula is C14H21ClN2. The van der Waals surface area contributed by atoms with Crippen molar-refractivity contribution in [2.45, 2.75) is 44.7 Å². The van der Waals surface area contributed by atoms with E-state index in [2.05, 4.69) is 24.1 Å². The number of rotatable bonds is 3. The fourth-order valence-corrected chi connectivity index (χ4v) is 2.90. The van der Waals surface area contributed by atoms with Crippen LogP contribution in [0.5, 0.6) is 0 Å². The van der Waals surface area contributed by atoms with Crippen LogP contribution in [0.3, 0.4) is 0 Å². The van der Waals surface area contributed by atoms with Crippen LogP contribution in [0.25, 0.3) is 0 Å². The topological polar surface area (TPSA) is 29.3 Å². The third kappa shape index (κ3) is 2.75. The summed E-state index contributed by atoms with van der Waals surface area (Å²) in [6.07, 6.45) is 5.23. The molecule has 0 spiro atoms. The molecule has 1 atom stereocenters. The van der Waals surface area contributed by atoms with Crippen molar-refractivity contribution < 1.29 is 0 Å². The molecule has 1 aliphatic carbocycles. The minimum atomic E-state index is 0.0401. The van der Waals surface area contributed by atoms with Gasteiger partial charge >= 0.3 is 0 Å². The average Bonchev–Trinajstić information content (AvgIpc) is 2.81. The van der Waals surface area contributed by atoms with Crippen LogP contribution in [-0.2, 0) is 0 Å². The van der Waals surface area contributed by atoms with Crippen LogP contribution in [0.4, 0.5) is 5.69 Å². The summed E-state index contributed by atoms with van der Waals surface area (Å²) in [4.78, 5) is 2.32. The smallest absolute Gasteiger partial charge is 0.0642 e. The van der Waals surface area contributed by atoms with Gasteiger partial charge in [0, 0.05) is 19.1 Å². The molecule has 0 bridgehead atoms. The second kappa shape index (κ2) is 5.28. The molecule has 0 aromatic heterocycles. The number of hydrogen-bond donors (Lipinski definition) is 1. The normalized spacial score (nSPS) is 18.4. The van der Waals surface area contributed by atoms with Crippen molar-refractivity contribution >= 4 is 17.3 Å². The van der Waals surface area contributed by atoms with Crippen molar-refractivity contribution in [3.05, 3.63) is 28.8 Å². The van der Waals surface area contributed by atoms with Crippen LogP contribution in [0, 0.1) is 0 Å². The van der Waals surface area contributed by atoms with Crippen LogP contribution in [0.2, 0.25) is 5.02 Å². The highest BCUT2D eigenvalue weighted by molar-refractivity contribution is 6.33. The molecular weight excluding hydrogens is 232 g/mol. The molecule has 1 aromatic rings. The van der Waals surface area contributed by atoms with E-state index in [9.17, 15) is 0 Å². The lowest BCUT2D eigenvalue weighted by Crippen LogP contribution is -2.29. The fourth-order valence-electron chi connectivity index (χ4n) is 2.58. The van der Waals surface area contributed by atoms with Crippen molar-refractivity contribution in [3.63, 3.8) is 0 Å². The van der Waals surface area contributed by atoms with Crippen LogP contribution < -0.4 is 10.6 Å². The molecule has 0 amide bonds. The zero-order chi connectivity index (χ0) is 12.4. The Balaban J connectivity index is 2.20. The fraction of sp³-hybridized carbons (Fsp3) is 0.571.